The molecule has 20 heavy (non-hydrogen) atoms. The van der Waals surface area contributed by atoms with Gasteiger partial charge in [0.25, 0.3) is 0 Å². The molecule has 1 aromatic carbocycles. The third kappa shape index (κ3) is 3.59. The van der Waals surface area contributed by atoms with Gasteiger partial charge in [0, 0.05) is 0 Å². The molecule has 1 aromatic rings. The highest BCUT2D eigenvalue weighted by molar-refractivity contribution is 5.89. The molecule has 1 aliphatic rings. The Labute approximate surface area is 119 Å². The first-order valence-corrected chi connectivity index (χ1v) is 7.00. The standard InChI is InChI=1S/C16H20O4/c1-11-3-5-13(6-4-11)16(18)20-14-9-7-12(8-10-14)15(17)19-2/h7-11,13H,3-6H2,1-2H3. The van der Waals surface area contributed by atoms with Gasteiger partial charge >= 0.3 is 11.9 Å². The first-order valence-electron chi connectivity index (χ1n) is 7.00. The van der Waals surface area contributed by atoms with Gasteiger partial charge < -0.3 is 9.47 Å². The van der Waals surface area contributed by atoms with Gasteiger partial charge in [-0.05, 0) is 55.9 Å². The van der Waals surface area contributed by atoms with E-state index in [0.29, 0.717) is 17.2 Å². The molecule has 1 fully saturated rings. The molecule has 1 saturated carbocycles. The summed E-state index contributed by atoms with van der Waals surface area (Å²) in [5, 5.41) is 0. The summed E-state index contributed by atoms with van der Waals surface area (Å²) in [6.07, 6.45) is 3.97. The van der Waals surface area contributed by atoms with Crippen LogP contribution in [0.1, 0.15) is 43.0 Å². The van der Waals surface area contributed by atoms with Crippen molar-refractivity contribution in [1.82, 2.24) is 0 Å². The van der Waals surface area contributed by atoms with Crippen LogP contribution in [0.5, 0.6) is 5.75 Å². The van der Waals surface area contributed by atoms with Crippen LogP contribution >= 0.6 is 0 Å². The van der Waals surface area contributed by atoms with Crippen LogP contribution in [0.15, 0.2) is 24.3 Å². The third-order valence-electron chi connectivity index (χ3n) is 3.84. The lowest BCUT2D eigenvalue weighted by molar-refractivity contribution is -0.140. The van der Waals surface area contributed by atoms with Gasteiger partial charge in [-0.1, -0.05) is 6.92 Å². The Kier molecular flexibility index (Phi) is 4.77. The first kappa shape index (κ1) is 14.6. The average molecular weight is 276 g/mol. The molecule has 0 unspecified atom stereocenters. The summed E-state index contributed by atoms with van der Waals surface area (Å²) in [5.74, 6) is 0.623. The Balaban J connectivity index is 1.92. The van der Waals surface area contributed by atoms with E-state index in [9.17, 15) is 9.59 Å². The minimum absolute atomic E-state index is 0.00600. The highest BCUT2D eigenvalue weighted by atomic mass is 16.5. The molecule has 0 atom stereocenters. The molecule has 108 valence electrons. The van der Waals surface area contributed by atoms with Crippen molar-refractivity contribution in [2.75, 3.05) is 7.11 Å². The maximum Gasteiger partial charge on any atom is 0.337 e. The number of esters is 2. The van der Waals surface area contributed by atoms with E-state index >= 15 is 0 Å². The highest BCUT2D eigenvalue weighted by Gasteiger charge is 2.25. The van der Waals surface area contributed by atoms with Crippen LogP contribution in [-0.2, 0) is 9.53 Å². The van der Waals surface area contributed by atoms with Crippen LogP contribution in [0.4, 0.5) is 0 Å². The summed E-state index contributed by atoms with van der Waals surface area (Å²) in [7, 11) is 1.33. The Bertz CT molecular complexity index is 470. The molecule has 0 heterocycles. The maximum atomic E-state index is 12.0. The molecule has 0 N–H and O–H groups in total. The Morgan fingerprint density at radius 3 is 2.20 bits per heavy atom. The zero-order valence-corrected chi connectivity index (χ0v) is 11.9. The number of rotatable bonds is 3. The summed E-state index contributed by atoms with van der Waals surface area (Å²) in [4.78, 5) is 23.3. The van der Waals surface area contributed by atoms with Crippen LogP contribution in [0.2, 0.25) is 0 Å². The molecule has 0 bridgehead atoms. The Hall–Kier alpha value is -1.84. The van der Waals surface area contributed by atoms with E-state index < -0.39 is 5.97 Å². The van der Waals surface area contributed by atoms with E-state index in [4.69, 9.17) is 4.74 Å². The van der Waals surface area contributed by atoms with Crippen molar-refractivity contribution in [3.8, 4) is 5.75 Å². The molecule has 0 amide bonds. The summed E-state index contributed by atoms with van der Waals surface area (Å²) >= 11 is 0. The van der Waals surface area contributed by atoms with Crippen molar-refractivity contribution in [3.63, 3.8) is 0 Å². The third-order valence-corrected chi connectivity index (χ3v) is 3.84. The van der Waals surface area contributed by atoms with E-state index in [-0.39, 0.29) is 11.9 Å². The summed E-state index contributed by atoms with van der Waals surface area (Å²) < 4.78 is 9.98. The van der Waals surface area contributed by atoms with Gasteiger partial charge in [-0.15, -0.1) is 0 Å². The zero-order chi connectivity index (χ0) is 14.5. The molecule has 0 radical (unpaired) electrons. The van der Waals surface area contributed by atoms with Crippen LogP contribution in [0, 0.1) is 11.8 Å². The summed E-state index contributed by atoms with van der Waals surface area (Å²) in [6.45, 7) is 2.22. The minimum atomic E-state index is -0.399. The number of benzene rings is 1. The Morgan fingerprint density at radius 2 is 1.65 bits per heavy atom. The molecule has 4 heteroatoms. The van der Waals surface area contributed by atoms with Gasteiger partial charge in [0.15, 0.2) is 0 Å². The number of methoxy groups -OCH3 is 1. The van der Waals surface area contributed by atoms with Gasteiger partial charge in [0.1, 0.15) is 5.75 Å². The molecule has 0 spiro atoms. The Morgan fingerprint density at radius 1 is 1.05 bits per heavy atom. The molecular weight excluding hydrogens is 256 g/mol. The second-order valence-electron chi connectivity index (χ2n) is 5.39. The average Bonchev–Trinajstić information content (AvgIpc) is 2.48. The molecule has 0 aliphatic heterocycles. The van der Waals surface area contributed by atoms with Gasteiger partial charge in [-0.3, -0.25) is 4.79 Å². The smallest absolute Gasteiger partial charge is 0.337 e. The summed E-state index contributed by atoms with van der Waals surface area (Å²) in [5.41, 5.74) is 0.443. The topological polar surface area (TPSA) is 52.6 Å². The van der Waals surface area contributed by atoms with Crippen LogP contribution in [0.25, 0.3) is 0 Å². The van der Waals surface area contributed by atoms with Crippen LogP contribution in [0.3, 0.4) is 0 Å². The quantitative estimate of drug-likeness (QED) is 0.628. The number of carbonyl (C=O) groups excluding carboxylic acids is 2. The van der Waals surface area contributed by atoms with E-state index in [1.807, 2.05) is 0 Å². The lowest BCUT2D eigenvalue weighted by atomic mass is 9.83. The number of hydrogen-bond acceptors (Lipinski definition) is 4. The lowest BCUT2D eigenvalue weighted by Crippen LogP contribution is -2.24. The predicted molar refractivity (Wildman–Crippen MR) is 74.5 cm³/mol. The molecule has 2 rings (SSSR count). The van der Waals surface area contributed by atoms with Crippen molar-refractivity contribution in [2.24, 2.45) is 11.8 Å². The first-order chi connectivity index (χ1) is 9.60. The highest BCUT2D eigenvalue weighted by Crippen LogP contribution is 2.29. The molecule has 0 saturated heterocycles. The van der Waals surface area contributed by atoms with Crippen molar-refractivity contribution >= 4 is 11.9 Å². The fourth-order valence-electron chi connectivity index (χ4n) is 2.47. The van der Waals surface area contributed by atoms with E-state index in [1.165, 1.54) is 7.11 Å². The van der Waals surface area contributed by atoms with Crippen molar-refractivity contribution in [2.45, 2.75) is 32.6 Å². The van der Waals surface area contributed by atoms with Crippen molar-refractivity contribution in [1.29, 1.82) is 0 Å². The van der Waals surface area contributed by atoms with E-state index in [0.717, 1.165) is 25.7 Å². The molecule has 0 aromatic heterocycles. The van der Waals surface area contributed by atoms with Gasteiger partial charge in [0.05, 0.1) is 18.6 Å². The largest absolute Gasteiger partial charge is 0.465 e. The maximum absolute atomic E-state index is 12.0. The number of hydrogen-bond donors (Lipinski definition) is 0. The molecular formula is C16H20O4. The molecule has 1 aliphatic carbocycles. The fraction of sp³-hybridized carbons (Fsp3) is 0.500. The second kappa shape index (κ2) is 6.55. The molecule has 4 nitrogen and oxygen atoms in total. The number of carbonyl (C=O) groups is 2. The van der Waals surface area contributed by atoms with Crippen LogP contribution < -0.4 is 4.74 Å². The SMILES string of the molecule is COC(=O)c1ccc(OC(=O)C2CCC(C)CC2)cc1. The van der Waals surface area contributed by atoms with Crippen molar-refractivity contribution < 1.29 is 19.1 Å². The minimum Gasteiger partial charge on any atom is -0.465 e. The van der Waals surface area contributed by atoms with E-state index in [2.05, 4.69) is 11.7 Å². The van der Waals surface area contributed by atoms with Gasteiger partial charge in [0.2, 0.25) is 0 Å². The zero-order valence-electron chi connectivity index (χ0n) is 11.9. The monoisotopic (exact) mass is 276 g/mol. The van der Waals surface area contributed by atoms with Crippen LogP contribution in [-0.4, -0.2) is 19.0 Å². The van der Waals surface area contributed by atoms with Crippen molar-refractivity contribution in [3.05, 3.63) is 29.8 Å². The normalized spacial score (nSPS) is 22.1. The van der Waals surface area contributed by atoms with E-state index in [1.54, 1.807) is 24.3 Å². The lowest BCUT2D eigenvalue weighted by Gasteiger charge is -2.24. The number of ether oxygens (including phenoxy) is 2. The van der Waals surface area contributed by atoms with Gasteiger partial charge in [-0.25, -0.2) is 4.79 Å². The fourth-order valence-corrected chi connectivity index (χ4v) is 2.47. The second-order valence-corrected chi connectivity index (χ2v) is 5.39. The summed E-state index contributed by atoms with van der Waals surface area (Å²) in [6, 6.07) is 6.43. The predicted octanol–water partition coefficient (Wildman–Crippen LogP) is 3.20. The van der Waals surface area contributed by atoms with Gasteiger partial charge in [-0.2, -0.15) is 0 Å².